The van der Waals surface area contributed by atoms with E-state index >= 15 is 0 Å². The Balaban J connectivity index is 1.95. The molecule has 2 aromatic carbocycles. The molecule has 0 saturated carbocycles. The molecule has 2 N–H and O–H groups in total. The van der Waals surface area contributed by atoms with Gasteiger partial charge in [-0.2, -0.15) is 0 Å². The van der Waals surface area contributed by atoms with E-state index in [9.17, 15) is 4.79 Å². The maximum absolute atomic E-state index is 12.2. The minimum Gasteiger partial charge on any atom is -0.325 e. The number of nitrogens with one attached hydrogen (secondary N) is 2. The summed E-state index contributed by atoms with van der Waals surface area (Å²) in [6.07, 6.45) is 0. The molecular weight excluding hydrogens is 284 g/mol. The normalized spacial score (nSPS) is 12.2. The molecule has 0 saturated heterocycles. The van der Waals surface area contributed by atoms with Crippen molar-refractivity contribution in [2.45, 2.75) is 33.7 Å². The lowest BCUT2D eigenvalue weighted by molar-refractivity contribution is -0.115. The molecule has 0 aliphatic rings. The number of hydrogen-bond acceptors (Lipinski definition) is 2. The van der Waals surface area contributed by atoms with Crippen LogP contribution in [0.3, 0.4) is 0 Å². The van der Waals surface area contributed by atoms with E-state index in [2.05, 4.69) is 43.5 Å². The van der Waals surface area contributed by atoms with Crippen LogP contribution in [0.2, 0.25) is 0 Å². The molecule has 0 aliphatic carbocycles. The van der Waals surface area contributed by atoms with Crippen LogP contribution in [0, 0.1) is 19.8 Å². The van der Waals surface area contributed by atoms with Gasteiger partial charge in [-0.1, -0.05) is 50.2 Å². The van der Waals surface area contributed by atoms with Crippen LogP contribution in [0.5, 0.6) is 0 Å². The fraction of sp³-hybridized carbons (Fsp3) is 0.350. The van der Waals surface area contributed by atoms with Crippen molar-refractivity contribution in [3.8, 4) is 0 Å². The van der Waals surface area contributed by atoms with Gasteiger partial charge in [0.2, 0.25) is 5.91 Å². The van der Waals surface area contributed by atoms with Crippen molar-refractivity contribution in [3.05, 3.63) is 65.2 Å². The molecule has 0 spiro atoms. The minimum absolute atomic E-state index is 0.0187. The number of rotatable bonds is 6. The van der Waals surface area contributed by atoms with Crippen LogP contribution in [0.15, 0.2) is 48.5 Å². The summed E-state index contributed by atoms with van der Waals surface area (Å²) >= 11 is 0. The first-order chi connectivity index (χ1) is 11.0. The van der Waals surface area contributed by atoms with Gasteiger partial charge in [-0.25, -0.2) is 0 Å². The fourth-order valence-electron chi connectivity index (χ4n) is 2.63. The largest absolute Gasteiger partial charge is 0.325 e. The molecule has 0 aliphatic heterocycles. The third-order valence-corrected chi connectivity index (χ3v) is 4.10. The van der Waals surface area contributed by atoms with Gasteiger partial charge in [0.25, 0.3) is 0 Å². The molecule has 0 bridgehead atoms. The number of benzene rings is 2. The number of carbonyl (C=O) groups is 1. The van der Waals surface area contributed by atoms with Gasteiger partial charge in [0.1, 0.15) is 0 Å². The Morgan fingerprint density at radius 2 is 1.70 bits per heavy atom. The van der Waals surface area contributed by atoms with Crippen molar-refractivity contribution >= 4 is 11.6 Å². The Morgan fingerprint density at radius 1 is 1.00 bits per heavy atom. The Hall–Kier alpha value is -2.13. The van der Waals surface area contributed by atoms with Gasteiger partial charge in [-0.15, -0.1) is 0 Å². The Kier molecular flexibility index (Phi) is 5.94. The lowest BCUT2D eigenvalue weighted by Gasteiger charge is -2.22. The molecule has 2 aromatic rings. The highest BCUT2D eigenvalue weighted by molar-refractivity contribution is 5.92. The zero-order valence-electron chi connectivity index (χ0n) is 14.4. The lowest BCUT2D eigenvalue weighted by atomic mass is 9.96. The number of anilines is 1. The van der Waals surface area contributed by atoms with E-state index in [0.29, 0.717) is 12.5 Å². The topological polar surface area (TPSA) is 41.1 Å². The predicted molar refractivity (Wildman–Crippen MR) is 96.6 cm³/mol. The fourth-order valence-corrected chi connectivity index (χ4v) is 2.63. The maximum atomic E-state index is 12.2. The summed E-state index contributed by atoms with van der Waals surface area (Å²) in [6.45, 7) is 8.73. The standard InChI is InChI=1S/C20H26N2O/c1-14(2)20(17-8-6-5-7-9-17)21-13-19(23)22-18-11-10-15(3)16(4)12-18/h5-12,14,20-21H,13H2,1-4H3,(H,22,23)/t20-/m0/s1. The Bertz CT molecular complexity index is 650. The summed E-state index contributed by atoms with van der Waals surface area (Å²) in [5.74, 6) is 0.390. The first-order valence-corrected chi connectivity index (χ1v) is 8.13. The smallest absolute Gasteiger partial charge is 0.238 e. The molecule has 0 heterocycles. The maximum Gasteiger partial charge on any atom is 0.238 e. The average Bonchev–Trinajstić information content (AvgIpc) is 2.52. The highest BCUT2D eigenvalue weighted by atomic mass is 16.1. The van der Waals surface area contributed by atoms with E-state index in [-0.39, 0.29) is 11.9 Å². The van der Waals surface area contributed by atoms with Crippen molar-refractivity contribution < 1.29 is 4.79 Å². The van der Waals surface area contributed by atoms with Crippen LogP contribution in [0.1, 0.15) is 36.6 Å². The molecule has 122 valence electrons. The molecule has 0 fully saturated rings. The summed E-state index contributed by atoms with van der Waals surface area (Å²) in [5.41, 5.74) is 4.47. The van der Waals surface area contributed by atoms with Crippen LogP contribution in [0.4, 0.5) is 5.69 Å². The van der Waals surface area contributed by atoms with E-state index in [0.717, 1.165) is 5.69 Å². The van der Waals surface area contributed by atoms with Gasteiger partial charge in [-0.3, -0.25) is 4.79 Å². The molecule has 3 nitrogen and oxygen atoms in total. The number of carbonyl (C=O) groups excluding carboxylic acids is 1. The van der Waals surface area contributed by atoms with Crippen LogP contribution < -0.4 is 10.6 Å². The van der Waals surface area contributed by atoms with Crippen molar-refractivity contribution in [2.75, 3.05) is 11.9 Å². The number of hydrogen-bond donors (Lipinski definition) is 2. The van der Waals surface area contributed by atoms with Gasteiger partial charge in [0.05, 0.1) is 6.54 Å². The van der Waals surface area contributed by atoms with E-state index in [1.165, 1.54) is 16.7 Å². The summed E-state index contributed by atoms with van der Waals surface area (Å²) < 4.78 is 0. The Labute approximate surface area is 139 Å². The zero-order valence-corrected chi connectivity index (χ0v) is 14.4. The summed E-state index contributed by atoms with van der Waals surface area (Å²) in [5, 5.41) is 6.32. The second-order valence-corrected chi connectivity index (χ2v) is 6.36. The van der Waals surface area contributed by atoms with Crippen LogP contribution >= 0.6 is 0 Å². The van der Waals surface area contributed by atoms with E-state index < -0.39 is 0 Å². The molecule has 23 heavy (non-hydrogen) atoms. The minimum atomic E-state index is -0.0187. The van der Waals surface area contributed by atoms with Crippen molar-refractivity contribution in [1.29, 1.82) is 0 Å². The number of aryl methyl sites for hydroxylation is 2. The van der Waals surface area contributed by atoms with Crippen molar-refractivity contribution in [2.24, 2.45) is 5.92 Å². The highest BCUT2D eigenvalue weighted by Crippen LogP contribution is 2.21. The van der Waals surface area contributed by atoms with Crippen LogP contribution in [0.25, 0.3) is 0 Å². The summed E-state index contributed by atoms with van der Waals surface area (Å²) in [6, 6.07) is 16.4. The first kappa shape index (κ1) is 17.2. The van der Waals surface area contributed by atoms with Gasteiger partial charge in [0.15, 0.2) is 0 Å². The summed E-state index contributed by atoms with van der Waals surface area (Å²) in [4.78, 5) is 12.2. The molecule has 1 amide bonds. The van der Waals surface area contributed by atoms with Gasteiger partial charge >= 0.3 is 0 Å². The van der Waals surface area contributed by atoms with Crippen molar-refractivity contribution in [1.82, 2.24) is 5.32 Å². The van der Waals surface area contributed by atoms with Crippen molar-refractivity contribution in [3.63, 3.8) is 0 Å². The molecular formula is C20H26N2O. The molecule has 0 unspecified atom stereocenters. The first-order valence-electron chi connectivity index (χ1n) is 8.13. The molecule has 2 rings (SSSR count). The second kappa shape index (κ2) is 7.93. The summed E-state index contributed by atoms with van der Waals surface area (Å²) in [7, 11) is 0. The van der Waals surface area contributed by atoms with E-state index in [4.69, 9.17) is 0 Å². The van der Waals surface area contributed by atoms with Gasteiger partial charge < -0.3 is 10.6 Å². The SMILES string of the molecule is Cc1ccc(NC(=O)CN[C@H](c2ccccc2)C(C)C)cc1C. The van der Waals surface area contributed by atoms with Crippen LogP contribution in [-0.4, -0.2) is 12.5 Å². The quantitative estimate of drug-likeness (QED) is 0.838. The second-order valence-electron chi connectivity index (χ2n) is 6.36. The monoisotopic (exact) mass is 310 g/mol. The van der Waals surface area contributed by atoms with E-state index in [1.54, 1.807) is 0 Å². The highest BCUT2D eigenvalue weighted by Gasteiger charge is 2.16. The Morgan fingerprint density at radius 3 is 2.30 bits per heavy atom. The predicted octanol–water partition coefficient (Wildman–Crippen LogP) is 4.23. The molecule has 0 aromatic heterocycles. The van der Waals surface area contributed by atoms with Gasteiger partial charge in [-0.05, 0) is 48.6 Å². The van der Waals surface area contributed by atoms with Crippen LogP contribution in [-0.2, 0) is 4.79 Å². The third-order valence-electron chi connectivity index (χ3n) is 4.10. The average molecular weight is 310 g/mol. The molecule has 0 radical (unpaired) electrons. The number of amides is 1. The lowest BCUT2D eigenvalue weighted by Crippen LogP contribution is -2.33. The molecule has 1 atom stereocenters. The van der Waals surface area contributed by atoms with E-state index in [1.807, 2.05) is 43.3 Å². The van der Waals surface area contributed by atoms with Gasteiger partial charge in [0, 0.05) is 11.7 Å². The third kappa shape index (κ3) is 4.93. The zero-order chi connectivity index (χ0) is 16.8. The molecule has 3 heteroatoms.